The largest absolute Gasteiger partial charge is 0.493 e. The maximum absolute atomic E-state index is 11.1. The van der Waals surface area contributed by atoms with Crippen LogP contribution in [0.25, 0.3) is 10.9 Å². The van der Waals surface area contributed by atoms with Crippen molar-refractivity contribution in [1.82, 2.24) is 4.98 Å². The van der Waals surface area contributed by atoms with E-state index in [0.29, 0.717) is 22.4 Å². The number of nitrogens with zero attached hydrogens (tertiary/aromatic N) is 1. The van der Waals surface area contributed by atoms with Gasteiger partial charge in [-0.25, -0.2) is 14.6 Å². The van der Waals surface area contributed by atoms with Crippen LogP contribution in [0.5, 0.6) is 11.5 Å². The molecule has 2 rings (SSSR count). The van der Waals surface area contributed by atoms with Crippen LogP contribution in [-0.4, -0.2) is 41.4 Å². The van der Waals surface area contributed by atoms with Crippen molar-refractivity contribution in [3.63, 3.8) is 0 Å². The zero-order chi connectivity index (χ0) is 14.9. The second-order valence-corrected chi connectivity index (χ2v) is 3.89. The molecule has 0 spiro atoms. The molecule has 0 aliphatic heterocycles. The highest BCUT2D eigenvalue weighted by molar-refractivity contribution is 6.03. The number of benzene rings is 1. The van der Waals surface area contributed by atoms with Crippen LogP contribution in [-0.2, 0) is 0 Å². The number of carboxylic acid groups (broad SMARTS) is 2. The molecule has 0 unspecified atom stereocenters. The number of fused-ring (bicyclic) bond motifs is 1. The first-order valence-corrected chi connectivity index (χ1v) is 5.51. The molecule has 0 aliphatic rings. The van der Waals surface area contributed by atoms with E-state index in [1.54, 1.807) is 6.07 Å². The Morgan fingerprint density at radius 3 is 2.10 bits per heavy atom. The highest BCUT2D eigenvalue weighted by Crippen LogP contribution is 2.32. The second kappa shape index (κ2) is 5.04. The van der Waals surface area contributed by atoms with Gasteiger partial charge in [-0.1, -0.05) is 0 Å². The number of hydrogen-bond acceptors (Lipinski definition) is 5. The predicted molar refractivity (Wildman–Crippen MR) is 68.8 cm³/mol. The van der Waals surface area contributed by atoms with Crippen molar-refractivity contribution in [3.05, 3.63) is 29.5 Å². The van der Waals surface area contributed by atoms with Crippen molar-refractivity contribution in [2.75, 3.05) is 14.2 Å². The van der Waals surface area contributed by atoms with Crippen molar-refractivity contribution in [2.45, 2.75) is 0 Å². The Bertz CT molecular complexity index is 649. The van der Waals surface area contributed by atoms with Crippen LogP contribution in [0.3, 0.4) is 0 Å². The summed E-state index contributed by atoms with van der Waals surface area (Å²) < 4.78 is 10.2. The first-order valence-electron chi connectivity index (χ1n) is 5.51. The normalized spacial score (nSPS) is 10.3. The average molecular weight is 277 g/mol. The SMILES string of the molecule is COc1cc2cc(C(=O)O)c(C(=O)O)nc2cc1OC. The van der Waals surface area contributed by atoms with Crippen LogP contribution < -0.4 is 9.47 Å². The van der Waals surface area contributed by atoms with Crippen molar-refractivity contribution in [2.24, 2.45) is 0 Å². The van der Waals surface area contributed by atoms with Crippen molar-refractivity contribution >= 4 is 22.8 Å². The lowest BCUT2D eigenvalue weighted by atomic mass is 10.1. The van der Waals surface area contributed by atoms with Gasteiger partial charge in [0.05, 0.1) is 25.3 Å². The third kappa shape index (κ3) is 2.20. The molecule has 104 valence electrons. The molecule has 0 aliphatic carbocycles. The first kappa shape index (κ1) is 13.6. The Morgan fingerprint density at radius 2 is 1.60 bits per heavy atom. The standard InChI is InChI=1S/C13H11NO6/c1-19-9-4-6-3-7(12(15)16)11(13(17)18)14-8(6)5-10(9)20-2/h3-5H,1-2H3,(H,15,16)(H,17,18). The van der Waals surface area contributed by atoms with Gasteiger partial charge in [0.25, 0.3) is 0 Å². The number of carbonyl (C=O) groups is 2. The lowest BCUT2D eigenvalue weighted by Gasteiger charge is -2.10. The quantitative estimate of drug-likeness (QED) is 0.875. The monoisotopic (exact) mass is 277 g/mol. The minimum atomic E-state index is -1.40. The molecule has 0 radical (unpaired) electrons. The zero-order valence-electron chi connectivity index (χ0n) is 10.7. The smallest absolute Gasteiger partial charge is 0.355 e. The van der Waals surface area contributed by atoms with Gasteiger partial charge >= 0.3 is 11.9 Å². The maximum atomic E-state index is 11.1. The van der Waals surface area contributed by atoms with Crippen LogP contribution in [0.4, 0.5) is 0 Å². The van der Waals surface area contributed by atoms with Gasteiger partial charge < -0.3 is 19.7 Å². The lowest BCUT2D eigenvalue weighted by Crippen LogP contribution is -2.10. The molecule has 0 bridgehead atoms. The zero-order valence-corrected chi connectivity index (χ0v) is 10.7. The minimum Gasteiger partial charge on any atom is -0.493 e. The summed E-state index contributed by atoms with van der Waals surface area (Å²) in [7, 11) is 2.88. The number of methoxy groups -OCH3 is 2. The molecule has 1 aromatic carbocycles. The van der Waals surface area contributed by atoms with Gasteiger partial charge in [0, 0.05) is 11.5 Å². The Kier molecular flexibility index (Phi) is 3.43. The first-order chi connectivity index (χ1) is 9.47. The molecule has 20 heavy (non-hydrogen) atoms. The Labute approximate surface area is 113 Å². The summed E-state index contributed by atoms with van der Waals surface area (Å²) in [4.78, 5) is 26.0. The van der Waals surface area contributed by atoms with Gasteiger partial charge in [-0.2, -0.15) is 0 Å². The number of pyridine rings is 1. The second-order valence-electron chi connectivity index (χ2n) is 3.89. The Balaban J connectivity index is 2.80. The number of aromatic carboxylic acids is 2. The summed E-state index contributed by atoms with van der Waals surface area (Å²) in [6.45, 7) is 0. The number of hydrogen-bond donors (Lipinski definition) is 2. The molecular formula is C13H11NO6. The van der Waals surface area contributed by atoms with E-state index >= 15 is 0 Å². The van der Waals surface area contributed by atoms with E-state index in [1.165, 1.54) is 26.4 Å². The summed E-state index contributed by atoms with van der Waals surface area (Å²) in [5, 5.41) is 18.5. The van der Waals surface area contributed by atoms with Crippen LogP contribution in [0, 0.1) is 0 Å². The van der Waals surface area contributed by atoms with E-state index in [2.05, 4.69) is 4.98 Å². The summed E-state index contributed by atoms with van der Waals surface area (Å²) in [5.74, 6) is -1.97. The highest BCUT2D eigenvalue weighted by Gasteiger charge is 2.20. The molecule has 7 nitrogen and oxygen atoms in total. The Morgan fingerprint density at radius 1 is 1.00 bits per heavy atom. The summed E-state index contributed by atoms with van der Waals surface area (Å²) in [5.41, 5.74) is -0.584. The van der Waals surface area contributed by atoms with E-state index in [-0.39, 0.29) is 5.56 Å². The topological polar surface area (TPSA) is 106 Å². The molecule has 2 N–H and O–H groups in total. The molecular weight excluding hydrogens is 266 g/mol. The molecule has 0 amide bonds. The number of ether oxygens (including phenoxy) is 2. The number of aromatic nitrogens is 1. The maximum Gasteiger partial charge on any atom is 0.355 e. The molecule has 1 aromatic heterocycles. The Hall–Kier alpha value is -2.83. The van der Waals surface area contributed by atoms with E-state index in [1.807, 2.05) is 0 Å². The van der Waals surface area contributed by atoms with Crippen LogP contribution in [0.2, 0.25) is 0 Å². The highest BCUT2D eigenvalue weighted by atomic mass is 16.5. The fraction of sp³-hybridized carbons (Fsp3) is 0.154. The van der Waals surface area contributed by atoms with Gasteiger partial charge in [0.2, 0.25) is 0 Å². The summed E-state index contributed by atoms with van der Waals surface area (Å²) in [6, 6.07) is 4.28. The van der Waals surface area contributed by atoms with Gasteiger partial charge in [-0.15, -0.1) is 0 Å². The third-order valence-corrected chi connectivity index (χ3v) is 2.75. The predicted octanol–water partition coefficient (Wildman–Crippen LogP) is 1.65. The average Bonchev–Trinajstić information content (AvgIpc) is 2.43. The van der Waals surface area contributed by atoms with E-state index in [0.717, 1.165) is 0 Å². The van der Waals surface area contributed by atoms with Crippen LogP contribution in [0.1, 0.15) is 20.8 Å². The lowest BCUT2D eigenvalue weighted by molar-refractivity contribution is 0.0647. The molecule has 0 saturated carbocycles. The molecule has 0 saturated heterocycles. The van der Waals surface area contributed by atoms with Gasteiger partial charge in [-0.05, 0) is 12.1 Å². The summed E-state index contributed by atoms with van der Waals surface area (Å²) in [6.07, 6.45) is 0. The summed E-state index contributed by atoms with van der Waals surface area (Å²) >= 11 is 0. The van der Waals surface area contributed by atoms with Crippen molar-refractivity contribution < 1.29 is 29.3 Å². The number of carboxylic acids is 2. The van der Waals surface area contributed by atoms with E-state index in [9.17, 15) is 9.59 Å². The molecule has 1 heterocycles. The van der Waals surface area contributed by atoms with Crippen molar-refractivity contribution in [3.8, 4) is 11.5 Å². The van der Waals surface area contributed by atoms with Crippen LogP contribution in [0.15, 0.2) is 18.2 Å². The number of rotatable bonds is 4. The van der Waals surface area contributed by atoms with Gasteiger partial charge in [0.1, 0.15) is 0 Å². The van der Waals surface area contributed by atoms with E-state index in [4.69, 9.17) is 19.7 Å². The molecule has 0 atom stereocenters. The fourth-order valence-corrected chi connectivity index (χ4v) is 1.83. The minimum absolute atomic E-state index is 0.310. The molecule has 7 heteroatoms. The third-order valence-electron chi connectivity index (χ3n) is 2.75. The molecule has 2 aromatic rings. The van der Waals surface area contributed by atoms with Gasteiger partial charge in [-0.3, -0.25) is 0 Å². The van der Waals surface area contributed by atoms with E-state index < -0.39 is 17.6 Å². The van der Waals surface area contributed by atoms with Crippen molar-refractivity contribution in [1.29, 1.82) is 0 Å². The van der Waals surface area contributed by atoms with Gasteiger partial charge in [0.15, 0.2) is 17.2 Å². The molecule has 0 fully saturated rings. The fourth-order valence-electron chi connectivity index (χ4n) is 1.83. The van der Waals surface area contributed by atoms with Crippen LogP contribution >= 0.6 is 0 Å².